The Bertz CT molecular complexity index is 605. The second kappa shape index (κ2) is 5.66. The molecule has 12 heteroatoms. The Morgan fingerprint density at radius 3 is 2.30 bits per heavy atom. The third-order valence-corrected chi connectivity index (χ3v) is 3.15. The Kier molecular flexibility index (Phi) is 4.77. The molecule has 0 atom stereocenters. The highest BCUT2D eigenvalue weighted by molar-refractivity contribution is 7.89. The van der Waals surface area contributed by atoms with Crippen LogP contribution in [0, 0.1) is 0 Å². The van der Waals surface area contributed by atoms with Crippen molar-refractivity contribution >= 4 is 21.6 Å². The fraction of sp³-hybridized carbons (Fsp3) is 0.375. The molecule has 1 aromatic heterocycles. The van der Waals surface area contributed by atoms with Gasteiger partial charge in [-0.1, -0.05) is 0 Å². The van der Waals surface area contributed by atoms with Crippen LogP contribution in [0.25, 0.3) is 0 Å². The number of primary sulfonamides is 1. The molecule has 1 aromatic rings. The van der Waals surface area contributed by atoms with Crippen molar-refractivity contribution in [3.8, 4) is 5.75 Å². The van der Waals surface area contributed by atoms with Gasteiger partial charge < -0.3 is 4.74 Å². The molecule has 5 nitrogen and oxygen atoms in total. The zero-order valence-electron chi connectivity index (χ0n) is 9.29. The highest BCUT2D eigenvalue weighted by atomic mass is 35.5. The van der Waals surface area contributed by atoms with E-state index in [4.69, 9.17) is 16.7 Å². The molecule has 0 unspecified atom stereocenters. The molecule has 0 aromatic carbocycles. The third-order valence-electron chi connectivity index (χ3n) is 1.89. The fourth-order valence-corrected chi connectivity index (χ4v) is 2.39. The first kappa shape index (κ1) is 16.9. The lowest BCUT2D eigenvalue weighted by molar-refractivity contribution is -0.275. The van der Waals surface area contributed by atoms with Gasteiger partial charge in [-0.3, -0.25) is 0 Å². The molecule has 0 saturated heterocycles. The van der Waals surface area contributed by atoms with Gasteiger partial charge in [0.2, 0.25) is 10.0 Å². The summed E-state index contributed by atoms with van der Waals surface area (Å²) in [5.74, 6) is -2.15. The van der Waals surface area contributed by atoms with Gasteiger partial charge in [0.1, 0.15) is 10.6 Å². The number of hydrogen-bond donors (Lipinski definition) is 1. The number of aromatic nitrogens is 1. The first-order valence-electron chi connectivity index (χ1n) is 4.62. The summed E-state index contributed by atoms with van der Waals surface area (Å²) in [7, 11) is -4.71. The Morgan fingerprint density at radius 2 is 1.95 bits per heavy atom. The molecule has 114 valence electrons. The highest BCUT2D eigenvalue weighted by Gasteiger charge is 2.35. The standard InChI is InChI=1S/C8H6ClF5N2O3S/c9-2-4-6(20(15,17)18)5(19-8(12,13)14)1-3(16-4)7(10)11/h1,7H,2H2,(H2,15,17,18). The minimum absolute atomic E-state index is 0.147. The number of rotatable bonds is 4. The maximum Gasteiger partial charge on any atom is 0.573 e. The van der Waals surface area contributed by atoms with E-state index in [0.717, 1.165) is 0 Å². The van der Waals surface area contributed by atoms with Crippen LogP contribution >= 0.6 is 11.6 Å². The number of nitrogens with two attached hydrogens (primary N) is 1. The van der Waals surface area contributed by atoms with E-state index in [1.165, 1.54) is 0 Å². The van der Waals surface area contributed by atoms with Gasteiger partial charge in [0.25, 0.3) is 6.43 Å². The molecule has 0 spiro atoms. The van der Waals surface area contributed by atoms with Crippen molar-refractivity contribution in [3.05, 3.63) is 17.5 Å². The average Bonchev–Trinajstić information content (AvgIpc) is 2.23. The van der Waals surface area contributed by atoms with Crippen LogP contribution in [0.1, 0.15) is 17.8 Å². The zero-order chi connectivity index (χ0) is 15.7. The summed E-state index contributed by atoms with van der Waals surface area (Å²) in [6.45, 7) is 0. The van der Waals surface area contributed by atoms with Crippen molar-refractivity contribution < 1.29 is 35.1 Å². The van der Waals surface area contributed by atoms with Crippen LogP contribution in [0.4, 0.5) is 22.0 Å². The summed E-state index contributed by atoms with van der Waals surface area (Å²) in [6, 6.07) is 0.147. The van der Waals surface area contributed by atoms with E-state index in [-0.39, 0.29) is 6.07 Å². The van der Waals surface area contributed by atoms with Crippen LogP contribution in [-0.4, -0.2) is 19.8 Å². The Morgan fingerprint density at radius 1 is 1.40 bits per heavy atom. The normalized spacial score (nSPS) is 12.8. The molecule has 0 bridgehead atoms. The third kappa shape index (κ3) is 4.15. The van der Waals surface area contributed by atoms with Crippen molar-refractivity contribution in [2.45, 2.75) is 23.6 Å². The number of halogens is 6. The van der Waals surface area contributed by atoms with E-state index >= 15 is 0 Å². The Labute approximate surface area is 114 Å². The van der Waals surface area contributed by atoms with Crippen molar-refractivity contribution in [3.63, 3.8) is 0 Å². The topological polar surface area (TPSA) is 82.3 Å². The van der Waals surface area contributed by atoms with Gasteiger partial charge in [0.15, 0.2) is 5.75 Å². The van der Waals surface area contributed by atoms with Gasteiger partial charge >= 0.3 is 6.36 Å². The molecule has 2 N–H and O–H groups in total. The number of pyridine rings is 1. The molecule has 0 saturated carbocycles. The minimum Gasteiger partial charge on any atom is -0.404 e. The van der Waals surface area contributed by atoms with Gasteiger partial charge in [-0.15, -0.1) is 24.8 Å². The van der Waals surface area contributed by atoms with Crippen molar-refractivity contribution in [2.24, 2.45) is 5.14 Å². The molecule has 0 aliphatic heterocycles. The van der Waals surface area contributed by atoms with E-state index in [9.17, 15) is 30.4 Å². The predicted octanol–water partition coefficient (Wildman–Crippen LogP) is 2.30. The monoisotopic (exact) mass is 340 g/mol. The lowest BCUT2D eigenvalue weighted by Gasteiger charge is -2.15. The molecule has 0 fully saturated rings. The van der Waals surface area contributed by atoms with E-state index in [1.54, 1.807) is 0 Å². The molecule has 0 amide bonds. The van der Waals surface area contributed by atoms with Gasteiger partial charge in [0.05, 0.1) is 11.6 Å². The second-order valence-electron chi connectivity index (χ2n) is 3.35. The highest BCUT2D eigenvalue weighted by Crippen LogP contribution is 2.34. The maximum atomic E-state index is 12.5. The summed E-state index contributed by atoms with van der Waals surface area (Å²) >= 11 is 5.29. The van der Waals surface area contributed by atoms with E-state index in [2.05, 4.69) is 9.72 Å². The Balaban J connectivity index is 3.62. The van der Waals surface area contributed by atoms with Crippen LogP contribution in [0.15, 0.2) is 11.0 Å². The summed E-state index contributed by atoms with van der Waals surface area (Å²) in [4.78, 5) is 1.97. The number of hydrogen-bond acceptors (Lipinski definition) is 4. The molecule has 20 heavy (non-hydrogen) atoms. The molecule has 0 radical (unpaired) electrons. The van der Waals surface area contributed by atoms with Crippen molar-refractivity contribution in [1.29, 1.82) is 0 Å². The largest absolute Gasteiger partial charge is 0.573 e. The molecule has 0 aliphatic rings. The lowest BCUT2D eigenvalue weighted by Crippen LogP contribution is -2.23. The van der Waals surface area contributed by atoms with E-state index in [0.29, 0.717) is 0 Å². The quantitative estimate of drug-likeness (QED) is 0.673. The average molecular weight is 341 g/mol. The summed E-state index contributed by atoms with van der Waals surface area (Å²) < 4.78 is 87.4. The van der Waals surface area contributed by atoms with Crippen LogP contribution < -0.4 is 9.88 Å². The van der Waals surface area contributed by atoms with Gasteiger partial charge in [0, 0.05) is 6.07 Å². The zero-order valence-corrected chi connectivity index (χ0v) is 10.9. The van der Waals surface area contributed by atoms with Crippen LogP contribution in [-0.2, 0) is 15.9 Å². The SMILES string of the molecule is NS(=O)(=O)c1c(OC(F)(F)F)cc(C(F)F)nc1CCl. The van der Waals surface area contributed by atoms with Crippen molar-refractivity contribution in [1.82, 2.24) is 4.98 Å². The van der Waals surface area contributed by atoms with E-state index < -0.39 is 50.7 Å². The number of nitrogens with zero attached hydrogens (tertiary/aromatic N) is 1. The van der Waals surface area contributed by atoms with Crippen molar-refractivity contribution in [2.75, 3.05) is 0 Å². The molecular formula is C8H6ClF5N2O3S. The predicted molar refractivity (Wildman–Crippen MR) is 56.8 cm³/mol. The lowest BCUT2D eigenvalue weighted by atomic mass is 10.3. The summed E-state index contributed by atoms with van der Waals surface area (Å²) in [5, 5.41) is 4.72. The van der Waals surface area contributed by atoms with Crippen LogP contribution in [0.2, 0.25) is 0 Å². The first-order chi connectivity index (χ1) is 8.95. The second-order valence-corrected chi connectivity index (χ2v) is 5.11. The van der Waals surface area contributed by atoms with Gasteiger partial charge in [-0.2, -0.15) is 0 Å². The molecule has 1 heterocycles. The van der Waals surface area contributed by atoms with E-state index in [1.807, 2.05) is 0 Å². The maximum absolute atomic E-state index is 12.5. The minimum atomic E-state index is -5.30. The fourth-order valence-electron chi connectivity index (χ4n) is 1.29. The smallest absolute Gasteiger partial charge is 0.404 e. The molecule has 1 rings (SSSR count). The van der Waals surface area contributed by atoms with Crippen LogP contribution in [0.5, 0.6) is 5.75 Å². The molecule has 0 aliphatic carbocycles. The van der Waals surface area contributed by atoms with Crippen LogP contribution in [0.3, 0.4) is 0 Å². The van der Waals surface area contributed by atoms with Gasteiger partial charge in [-0.25, -0.2) is 27.3 Å². The first-order valence-corrected chi connectivity index (χ1v) is 6.70. The Hall–Kier alpha value is -1.20. The number of ether oxygens (including phenoxy) is 1. The number of sulfonamides is 1. The molecular weight excluding hydrogens is 335 g/mol. The summed E-state index contributed by atoms with van der Waals surface area (Å²) in [6.07, 6.45) is -8.55. The van der Waals surface area contributed by atoms with Gasteiger partial charge in [-0.05, 0) is 0 Å². The summed E-state index contributed by atoms with van der Waals surface area (Å²) in [5.41, 5.74) is -1.88. The number of alkyl halides is 6.